The van der Waals surface area contributed by atoms with Gasteiger partial charge in [-0.05, 0) is 58.7 Å². The Hall–Kier alpha value is -1.42. The van der Waals surface area contributed by atoms with Crippen molar-refractivity contribution in [1.82, 2.24) is 4.98 Å². The first-order valence-corrected chi connectivity index (χ1v) is 5.58. The molecule has 0 saturated carbocycles. The molecule has 2 nitrogen and oxygen atoms in total. The van der Waals surface area contributed by atoms with E-state index >= 15 is 0 Å². The highest BCUT2D eigenvalue weighted by atomic mass is 79.9. The summed E-state index contributed by atoms with van der Waals surface area (Å²) in [6.45, 7) is 1.85. The summed E-state index contributed by atoms with van der Waals surface area (Å²) in [5.41, 5.74) is 1.58. The number of benzene rings is 1. The van der Waals surface area contributed by atoms with Crippen molar-refractivity contribution >= 4 is 27.4 Å². The quantitative estimate of drug-likeness (QED) is 0.898. The minimum atomic E-state index is -0.250. The summed E-state index contributed by atoms with van der Waals surface area (Å²) in [5, 5.41) is 3.04. The van der Waals surface area contributed by atoms with E-state index < -0.39 is 0 Å². The number of rotatable bonds is 2. The highest BCUT2D eigenvalue weighted by Gasteiger charge is 1.99. The van der Waals surface area contributed by atoms with Gasteiger partial charge >= 0.3 is 0 Å². The van der Waals surface area contributed by atoms with E-state index in [1.165, 1.54) is 12.1 Å². The van der Waals surface area contributed by atoms with Crippen LogP contribution in [0.4, 0.5) is 15.9 Å². The maximum Gasteiger partial charge on any atom is 0.130 e. The van der Waals surface area contributed by atoms with Gasteiger partial charge < -0.3 is 5.32 Å². The van der Waals surface area contributed by atoms with Gasteiger partial charge in [-0.1, -0.05) is 0 Å². The van der Waals surface area contributed by atoms with Crippen LogP contribution in [0.3, 0.4) is 0 Å². The highest BCUT2D eigenvalue weighted by molar-refractivity contribution is 9.10. The van der Waals surface area contributed by atoms with Crippen LogP contribution in [0.5, 0.6) is 0 Å². The molecule has 0 aliphatic carbocycles. The molecule has 0 fully saturated rings. The van der Waals surface area contributed by atoms with E-state index in [-0.39, 0.29) is 5.82 Å². The van der Waals surface area contributed by atoms with Crippen LogP contribution in [-0.2, 0) is 0 Å². The molecule has 82 valence electrons. The molecule has 0 saturated heterocycles. The summed E-state index contributed by atoms with van der Waals surface area (Å²) in [6, 6.07) is 8.50. The minimum absolute atomic E-state index is 0.250. The number of hydrogen-bond donors (Lipinski definition) is 1. The Bertz CT molecular complexity index is 477. The Morgan fingerprint density at radius 1 is 1.25 bits per heavy atom. The summed E-state index contributed by atoms with van der Waals surface area (Å²) >= 11 is 3.30. The lowest BCUT2D eigenvalue weighted by molar-refractivity contribution is 0.627. The van der Waals surface area contributed by atoms with Gasteiger partial charge in [0.2, 0.25) is 0 Å². The van der Waals surface area contributed by atoms with Crippen molar-refractivity contribution in [2.75, 3.05) is 5.32 Å². The number of nitrogens with zero attached hydrogens (tertiary/aromatic N) is 1. The third-order valence-corrected chi connectivity index (χ3v) is 2.51. The molecule has 0 amide bonds. The Labute approximate surface area is 102 Å². The van der Waals surface area contributed by atoms with Crippen LogP contribution in [0, 0.1) is 12.7 Å². The number of aromatic nitrogens is 1. The van der Waals surface area contributed by atoms with E-state index in [0.29, 0.717) is 11.5 Å². The van der Waals surface area contributed by atoms with Crippen molar-refractivity contribution in [1.29, 1.82) is 0 Å². The lowest BCUT2D eigenvalue weighted by Crippen LogP contribution is -1.94. The molecule has 0 atom stereocenters. The molecule has 0 unspecified atom stereocenters. The van der Waals surface area contributed by atoms with Gasteiger partial charge in [-0.2, -0.15) is 0 Å². The lowest BCUT2D eigenvalue weighted by atomic mass is 10.2. The van der Waals surface area contributed by atoms with Crippen LogP contribution in [0.25, 0.3) is 0 Å². The standard InChI is InChI=1S/C12H10BrFN2/c1-8-4-10(14)6-11(5-8)16-12-3-2-9(13)7-15-12/h2-7H,1H3,(H,15,16). The van der Waals surface area contributed by atoms with E-state index in [0.717, 1.165) is 10.0 Å². The Morgan fingerprint density at radius 3 is 2.69 bits per heavy atom. The molecule has 2 rings (SSSR count). The van der Waals surface area contributed by atoms with Crippen molar-refractivity contribution in [3.05, 3.63) is 52.4 Å². The predicted octanol–water partition coefficient (Wildman–Crippen LogP) is 4.04. The summed E-state index contributed by atoms with van der Waals surface area (Å²) in [4.78, 5) is 4.15. The average Bonchev–Trinajstić information content (AvgIpc) is 2.20. The first-order valence-electron chi connectivity index (χ1n) is 4.79. The Kier molecular flexibility index (Phi) is 3.19. The van der Waals surface area contributed by atoms with E-state index in [1.807, 2.05) is 25.1 Å². The number of nitrogens with one attached hydrogen (secondary N) is 1. The molecule has 1 aromatic carbocycles. The fourth-order valence-corrected chi connectivity index (χ4v) is 1.64. The second kappa shape index (κ2) is 4.61. The molecule has 1 aromatic heterocycles. The van der Waals surface area contributed by atoms with Crippen LogP contribution in [-0.4, -0.2) is 4.98 Å². The van der Waals surface area contributed by atoms with Crippen LogP contribution in [0.15, 0.2) is 41.0 Å². The average molecular weight is 281 g/mol. The molecule has 0 aliphatic heterocycles. The number of anilines is 2. The zero-order valence-electron chi connectivity index (χ0n) is 8.67. The third-order valence-electron chi connectivity index (χ3n) is 2.04. The van der Waals surface area contributed by atoms with Gasteiger partial charge in [0.25, 0.3) is 0 Å². The van der Waals surface area contributed by atoms with Gasteiger partial charge in [0, 0.05) is 16.4 Å². The smallest absolute Gasteiger partial charge is 0.130 e. The minimum Gasteiger partial charge on any atom is -0.340 e. The van der Waals surface area contributed by atoms with Crippen molar-refractivity contribution in [3.8, 4) is 0 Å². The van der Waals surface area contributed by atoms with Crippen LogP contribution in [0.1, 0.15) is 5.56 Å². The highest BCUT2D eigenvalue weighted by Crippen LogP contribution is 2.18. The zero-order chi connectivity index (χ0) is 11.5. The molecule has 0 spiro atoms. The Balaban J connectivity index is 2.23. The molecular weight excluding hydrogens is 271 g/mol. The van der Waals surface area contributed by atoms with E-state index in [9.17, 15) is 4.39 Å². The molecule has 4 heteroatoms. The third kappa shape index (κ3) is 2.79. The molecule has 1 N–H and O–H groups in total. The van der Waals surface area contributed by atoms with Crippen molar-refractivity contribution in [2.45, 2.75) is 6.92 Å². The van der Waals surface area contributed by atoms with Crippen LogP contribution in [0.2, 0.25) is 0 Å². The first kappa shape index (κ1) is 11.1. The van der Waals surface area contributed by atoms with E-state index in [2.05, 4.69) is 26.2 Å². The van der Waals surface area contributed by atoms with Crippen molar-refractivity contribution < 1.29 is 4.39 Å². The second-order valence-corrected chi connectivity index (χ2v) is 4.42. The monoisotopic (exact) mass is 280 g/mol. The lowest BCUT2D eigenvalue weighted by Gasteiger charge is -2.06. The Morgan fingerprint density at radius 2 is 2.06 bits per heavy atom. The maximum absolute atomic E-state index is 13.1. The summed E-state index contributed by atoms with van der Waals surface area (Å²) in [5.74, 6) is 0.438. The zero-order valence-corrected chi connectivity index (χ0v) is 10.3. The van der Waals surface area contributed by atoms with Crippen LogP contribution < -0.4 is 5.32 Å². The van der Waals surface area contributed by atoms with E-state index in [4.69, 9.17) is 0 Å². The number of halogens is 2. The van der Waals surface area contributed by atoms with Gasteiger partial charge in [0.05, 0.1) is 0 Å². The summed E-state index contributed by atoms with van der Waals surface area (Å²) in [6.07, 6.45) is 1.69. The molecular formula is C12H10BrFN2. The first-order chi connectivity index (χ1) is 7.63. The molecule has 1 heterocycles. The molecule has 0 radical (unpaired) electrons. The van der Waals surface area contributed by atoms with Crippen molar-refractivity contribution in [3.63, 3.8) is 0 Å². The summed E-state index contributed by atoms with van der Waals surface area (Å²) < 4.78 is 14.0. The van der Waals surface area contributed by atoms with E-state index in [1.54, 1.807) is 6.20 Å². The fraction of sp³-hybridized carbons (Fsp3) is 0.0833. The topological polar surface area (TPSA) is 24.9 Å². The van der Waals surface area contributed by atoms with Crippen LogP contribution >= 0.6 is 15.9 Å². The fourth-order valence-electron chi connectivity index (χ4n) is 1.41. The predicted molar refractivity (Wildman–Crippen MR) is 66.4 cm³/mol. The molecule has 16 heavy (non-hydrogen) atoms. The summed E-state index contributed by atoms with van der Waals surface area (Å²) in [7, 11) is 0. The van der Waals surface area contributed by atoms with Gasteiger partial charge in [-0.3, -0.25) is 0 Å². The van der Waals surface area contributed by atoms with Gasteiger partial charge in [0.1, 0.15) is 11.6 Å². The van der Waals surface area contributed by atoms with Gasteiger partial charge in [-0.25, -0.2) is 9.37 Å². The molecule has 2 aromatic rings. The van der Waals surface area contributed by atoms with Crippen molar-refractivity contribution in [2.24, 2.45) is 0 Å². The maximum atomic E-state index is 13.1. The van der Waals surface area contributed by atoms with Gasteiger partial charge in [-0.15, -0.1) is 0 Å². The number of hydrogen-bond acceptors (Lipinski definition) is 2. The molecule has 0 aliphatic rings. The number of pyridine rings is 1. The molecule has 0 bridgehead atoms. The largest absolute Gasteiger partial charge is 0.340 e. The normalized spacial score (nSPS) is 10.2. The second-order valence-electron chi connectivity index (χ2n) is 3.50. The number of aryl methyl sites for hydroxylation is 1. The van der Waals surface area contributed by atoms with Gasteiger partial charge in [0.15, 0.2) is 0 Å². The SMILES string of the molecule is Cc1cc(F)cc(Nc2ccc(Br)cn2)c1.